The van der Waals surface area contributed by atoms with Crippen molar-refractivity contribution in [1.29, 1.82) is 0 Å². The maximum atomic E-state index is 12.2. The molecule has 5 heteroatoms. The van der Waals surface area contributed by atoms with Crippen LogP contribution in [0, 0.1) is 0 Å². The van der Waals surface area contributed by atoms with Crippen molar-refractivity contribution in [2.24, 2.45) is 0 Å². The number of aliphatic hydroxyl groups is 1. The van der Waals surface area contributed by atoms with Crippen molar-refractivity contribution in [3.63, 3.8) is 0 Å². The fourth-order valence-corrected chi connectivity index (χ4v) is 2.15. The van der Waals surface area contributed by atoms with Gasteiger partial charge in [0.25, 0.3) is 0 Å². The predicted molar refractivity (Wildman–Crippen MR) is 67.7 cm³/mol. The number of pyridine rings is 1. The summed E-state index contributed by atoms with van der Waals surface area (Å²) in [5.41, 5.74) is 0.872. The zero-order valence-electron chi connectivity index (χ0n) is 10.5. The molecular weight excluding hydrogens is 230 g/mol. The smallest absolute Gasteiger partial charge is 0.242 e. The Morgan fingerprint density at radius 3 is 3.06 bits per heavy atom. The zero-order chi connectivity index (χ0) is 13.0. The normalized spacial score (nSPS) is 25.0. The molecule has 1 amide bonds. The first-order valence-corrected chi connectivity index (χ1v) is 6.26. The number of carbonyl (C=O) groups excluding carboxylic acids is 1. The molecule has 5 nitrogen and oxygen atoms in total. The van der Waals surface area contributed by atoms with Gasteiger partial charge in [-0.2, -0.15) is 0 Å². The fourth-order valence-electron chi connectivity index (χ4n) is 2.15. The Hall–Kier alpha value is -1.46. The van der Waals surface area contributed by atoms with Crippen LogP contribution in [0.15, 0.2) is 24.4 Å². The summed E-state index contributed by atoms with van der Waals surface area (Å²) in [5.74, 6) is -0.0486. The lowest BCUT2D eigenvalue weighted by Gasteiger charge is -2.23. The van der Waals surface area contributed by atoms with Crippen molar-refractivity contribution in [1.82, 2.24) is 15.2 Å². The van der Waals surface area contributed by atoms with Crippen molar-refractivity contribution in [2.75, 3.05) is 13.2 Å². The summed E-state index contributed by atoms with van der Waals surface area (Å²) < 4.78 is 0. The van der Waals surface area contributed by atoms with E-state index in [9.17, 15) is 9.90 Å². The molecule has 0 aromatic carbocycles. The van der Waals surface area contributed by atoms with E-state index in [1.807, 2.05) is 25.1 Å². The van der Waals surface area contributed by atoms with Crippen LogP contribution in [0.3, 0.4) is 0 Å². The highest BCUT2D eigenvalue weighted by Crippen LogP contribution is 2.10. The quantitative estimate of drug-likeness (QED) is 0.800. The van der Waals surface area contributed by atoms with Crippen molar-refractivity contribution in [2.45, 2.75) is 32.0 Å². The van der Waals surface area contributed by atoms with Gasteiger partial charge in [0.2, 0.25) is 5.91 Å². The average Bonchev–Trinajstić information content (AvgIpc) is 2.53. The molecule has 2 heterocycles. The van der Waals surface area contributed by atoms with Gasteiger partial charge in [0.1, 0.15) is 6.04 Å². The molecule has 0 radical (unpaired) electrons. The molecule has 1 aliphatic rings. The van der Waals surface area contributed by atoms with Gasteiger partial charge in [-0.05, 0) is 25.5 Å². The Morgan fingerprint density at radius 2 is 2.39 bits per heavy atom. The Kier molecular flexibility index (Phi) is 4.28. The van der Waals surface area contributed by atoms with Gasteiger partial charge in [-0.3, -0.25) is 9.78 Å². The second-order valence-corrected chi connectivity index (χ2v) is 4.67. The monoisotopic (exact) mass is 249 g/mol. The standard InChI is InChI=1S/C13H19N3O2/c1-10-5-7-16(13(18)12(9-17)15-10)8-11-4-2-3-6-14-11/h2-4,6,10,12,15,17H,5,7-9H2,1H3. The topological polar surface area (TPSA) is 65.5 Å². The van der Waals surface area contributed by atoms with Crippen LogP contribution in [-0.4, -0.2) is 46.1 Å². The summed E-state index contributed by atoms with van der Waals surface area (Å²) in [6.07, 6.45) is 2.61. The summed E-state index contributed by atoms with van der Waals surface area (Å²) >= 11 is 0. The third-order valence-corrected chi connectivity index (χ3v) is 3.19. The molecule has 0 saturated carbocycles. The molecule has 1 saturated heterocycles. The Labute approximate surface area is 107 Å². The summed E-state index contributed by atoms with van der Waals surface area (Å²) in [6.45, 7) is 3.06. The van der Waals surface area contributed by atoms with Gasteiger partial charge in [0, 0.05) is 18.8 Å². The van der Waals surface area contributed by atoms with Gasteiger partial charge in [-0.1, -0.05) is 6.07 Å². The van der Waals surface area contributed by atoms with Crippen molar-refractivity contribution in [3.05, 3.63) is 30.1 Å². The molecule has 2 N–H and O–H groups in total. The minimum atomic E-state index is -0.494. The van der Waals surface area contributed by atoms with Crippen LogP contribution in [0.25, 0.3) is 0 Å². The molecular formula is C13H19N3O2. The molecule has 0 spiro atoms. The van der Waals surface area contributed by atoms with E-state index >= 15 is 0 Å². The zero-order valence-corrected chi connectivity index (χ0v) is 10.5. The van der Waals surface area contributed by atoms with Crippen molar-refractivity contribution in [3.8, 4) is 0 Å². The van der Waals surface area contributed by atoms with Crippen LogP contribution in [0.5, 0.6) is 0 Å². The van der Waals surface area contributed by atoms with Crippen LogP contribution >= 0.6 is 0 Å². The van der Waals surface area contributed by atoms with Gasteiger partial charge >= 0.3 is 0 Å². The number of nitrogens with zero attached hydrogens (tertiary/aromatic N) is 2. The van der Waals surface area contributed by atoms with Crippen LogP contribution in [0.4, 0.5) is 0 Å². The van der Waals surface area contributed by atoms with Crippen LogP contribution in [0.1, 0.15) is 19.0 Å². The second-order valence-electron chi connectivity index (χ2n) is 4.67. The summed E-state index contributed by atoms with van der Waals surface area (Å²) in [5, 5.41) is 12.4. The molecule has 1 aromatic heterocycles. The number of aromatic nitrogens is 1. The molecule has 98 valence electrons. The summed E-state index contributed by atoms with van der Waals surface area (Å²) in [4.78, 5) is 18.2. The summed E-state index contributed by atoms with van der Waals surface area (Å²) in [7, 11) is 0. The molecule has 1 fully saturated rings. The first-order chi connectivity index (χ1) is 8.70. The lowest BCUT2D eigenvalue weighted by Crippen LogP contribution is -2.47. The van der Waals surface area contributed by atoms with Crippen LogP contribution in [-0.2, 0) is 11.3 Å². The van der Waals surface area contributed by atoms with Gasteiger partial charge in [-0.25, -0.2) is 0 Å². The van der Waals surface area contributed by atoms with E-state index in [1.54, 1.807) is 11.1 Å². The van der Waals surface area contributed by atoms with E-state index in [1.165, 1.54) is 0 Å². The molecule has 2 rings (SSSR count). The van der Waals surface area contributed by atoms with E-state index < -0.39 is 6.04 Å². The van der Waals surface area contributed by atoms with Gasteiger partial charge in [0.15, 0.2) is 0 Å². The largest absolute Gasteiger partial charge is 0.394 e. The number of carbonyl (C=O) groups is 1. The molecule has 1 aromatic rings. The third-order valence-electron chi connectivity index (χ3n) is 3.19. The van der Waals surface area contributed by atoms with E-state index in [4.69, 9.17) is 0 Å². The average molecular weight is 249 g/mol. The van der Waals surface area contributed by atoms with Gasteiger partial charge in [-0.15, -0.1) is 0 Å². The van der Waals surface area contributed by atoms with E-state index in [2.05, 4.69) is 10.3 Å². The molecule has 0 aliphatic carbocycles. The first-order valence-electron chi connectivity index (χ1n) is 6.26. The minimum absolute atomic E-state index is 0.0486. The molecule has 2 unspecified atom stereocenters. The van der Waals surface area contributed by atoms with E-state index in [0.29, 0.717) is 13.1 Å². The molecule has 2 atom stereocenters. The van der Waals surface area contributed by atoms with E-state index in [-0.39, 0.29) is 18.6 Å². The van der Waals surface area contributed by atoms with E-state index in [0.717, 1.165) is 12.1 Å². The lowest BCUT2D eigenvalue weighted by atomic mass is 10.2. The minimum Gasteiger partial charge on any atom is -0.394 e. The molecule has 0 bridgehead atoms. The Morgan fingerprint density at radius 1 is 1.56 bits per heavy atom. The highest BCUT2D eigenvalue weighted by molar-refractivity contribution is 5.82. The second kappa shape index (κ2) is 5.93. The lowest BCUT2D eigenvalue weighted by molar-refractivity contribution is -0.134. The third kappa shape index (κ3) is 3.05. The highest BCUT2D eigenvalue weighted by Gasteiger charge is 2.28. The number of nitrogens with one attached hydrogen (secondary N) is 1. The fraction of sp³-hybridized carbons (Fsp3) is 0.538. The first kappa shape index (κ1) is 13.0. The van der Waals surface area contributed by atoms with Crippen molar-refractivity contribution < 1.29 is 9.90 Å². The Bertz CT molecular complexity index is 396. The number of hydrogen-bond acceptors (Lipinski definition) is 4. The van der Waals surface area contributed by atoms with Gasteiger partial charge < -0.3 is 15.3 Å². The molecule has 1 aliphatic heterocycles. The number of rotatable bonds is 3. The van der Waals surface area contributed by atoms with Crippen molar-refractivity contribution >= 4 is 5.91 Å². The van der Waals surface area contributed by atoms with Crippen LogP contribution in [0.2, 0.25) is 0 Å². The SMILES string of the molecule is CC1CCN(Cc2ccccn2)C(=O)C(CO)N1. The van der Waals surface area contributed by atoms with Gasteiger partial charge in [0.05, 0.1) is 18.8 Å². The highest BCUT2D eigenvalue weighted by atomic mass is 16.3. The number of amides is 1. The van der Waals surface area contributed by atoms with Crippen LogP contribution < -0.4 is 5.32 Å². The number of hydrogen-bond donors (Lipinski definition) is 2. The maximum absolute atomic E-state index is 12.2. The predicted octanol–water partition coefficient (Wildman–Crippen LogP) is 0.153. The Balaban J connectivity index is 2.09. The summed E-state index contributed by atoms with van der Waals surface area (Å²) in [6, 6.07) is 5.41. The number of aliphatic hydroxyl groups excluding tert-OH is 1. The molecule has 18 heavy (non-hydrogen) atoms. The maximum Gasteiger partial charge on any atom is 0.242 e.